The van der Waals surface area contributed by atoms with Crippen molar-refractivity contribution in [2.75, 3.05) is 31.1 Å². The van der Waals surface area contributed by atoms with Crippen LogP contribution in [0.25, 0.3) is 0 Å². The Kier molecular flexibility index (Phi) is 7.16. The van der Waals surface area contributed by atoms with Crippen LogP contribution in [0, 0.1) is 0 Å². The van der Waals surface area contributed by atoms with Crippen LogP contribution >= 0.6 is 24.0 Å². The lowest BCUT2D eigenvalue weighted by Gasteiger charge is -2.30. The van der Waals surface area contributed by atoms with Crippen LogP contribution in [0.3, 0.4) is 0 Å². The highest BCUT2D eigenvalue weighted by atomic mass is 35.5. The van der Waals surface area contributed by atoms with Crippen LogP contribution in [0.4, 0.5) is 5.69 Å². The van der Waals surface area contributed by atoms with Gasteiger partial charge >= 0.3 is 0 Å². The number of β-amino-alcohol motifs (C(OH)–C–C–N with tert-alkyl or cyclic N) is 1. The zero-order valence-corrected chi connectivity index (χ0v) is 15.2. The number of nitrogens with one attached hydrogen (secondary N) is 2. The van der Waals surface area contributed by atoms with Crippen molar-refractivity contribution in [1.29, 1.82) is 0 Å². The molecule has 134 valence electrons. The minimum Gasteiger partial charge on any atom is -0.390 e. The van der Waals surface area contributed by atoms with Gasteiger partial charge in [-0.3, -0.25) is 4.79 Å². The summed E-state index contributed by atoms with van der Waals surface area (Å²) in [6, 6.07) is 5.41. The van der Waals surface area contributed by atoms with Gasteiger partial charge in [0.05, 0.1) is 22.7 Å². The minimum atomic E-state index is -0.559. The highest BCUT2D eigenvalue weighted by molar-refractivity contribution is 6.34. The Balaban J connectivity index is 0.00000208. The van der Waals surface area contributed by atoms with E-state index in [1.54, 1.807) is 6.07 Å². The third kappa shape index (κ3) is 4.54. The van der Waals surface area contributed by atoms with Gasteiger partial charge in [-0.25, -0.2) is 0 Å². The van der Waals surface area contributed by atoms with Crippen molar-refractivity contribution < 1.29 is 9.90 Å². The summed E-state index contributed by atoms with van der Waals surface area (Å²) in [5, 5.41) is 16.5. The molecule has 1 amide bonds. The number of amides is 1. The first-order valence-corrected chi connectivity index (χ1v) is 8.77. The van der Waals surface area contributed by atoms with Gasteiger partial charge in [-0.05, 0) is 50.4 Å². The minimum absolute atomic E-state index is 0. The number of aliphatic hydroxyl groups is 1. The molecule has 0 unspecified atom stereocenters. The average molecular weight is 374 g/mol. The summed E-state index contributed by atoms with van der Waals surface area (Å²) in [7, 11) is 0. The summed E-state index contributed by atoms with van der Waals surface area (Å²) in [4.78, 5) is 14.9. The third-order valence-corrected chi connectivity index (χ3v) is 5.01. The largest absolute Gasteiger partial charge is 0.390 e. The van der Waals surface area contributed by atoms with E-state index < -0.39 is 6.10 Å². The lowest BCUT2D eigenvalue weighted by Crippen LogP contribution is -2.52. The van der Waals surface area contributed by atoms with Gasteiger partial charge in [-0.15, -0.1) is 12.4 Å². The van der Waals surface area contributed by atoms with Crippen LogP contribution in [0.2, 0.25) is 5.02 Å². The molecule has 2 atom stereocenters. The Morgan fingerprint density at radius 2 is 2.04 bits per heavy atom. The molecule has 2 saturated heterocycles. The summed E-state index contributed by atoms with van der Waals surface area (Å²) in [6.45, 7) is 3.35. The van der Waals surface area contributed by atoms with E-state index in [2.05, 4.69) is 15.5 Å². The molecule has 7 heteroatoms. The fraction of sp³-hybridized carbons (Fsp3) is 0.588. The summed E-state index contributed by atoms with van der Waals surface area (Å²) < 4.78 is 0. The van der Waals surface area contributed by atoms with E-state index >= 15 is 0 Å². The van der Waals surface area contributed by atoms with Crippen molar-refractivity contribution in [3.63, 3.8) is 0 Å². The number of carbonyl (C=O) groups is 1. The number of halogens is 2. The van der Waals surface area contributed by atoms with Crippen LogP contribution < -0.4 is 15.5 Å². The Hall–Kier alpha value is -1.01. The lowest BCUT2D eigenvalue weighted by atomic mass is 10.0. The van der Waals surface area contributed by atoms with E-state index in [9.17, 15) is 9.90 Å². The molecule has 24 heavy (non-hydrogen) atoms. The molecule has 0 aliphatic carbocycles. The molecule has 3 rings (SSSR count). The van der Waals surface area contributed by atoms with Gasteiger partial charge in [0.1, 0.15) is 0 Å². The number of anilines is 1. The molecule has 1 aromatic carbocycles. The van der Waals surface area contributed by atoms with E-state index in [0.717, 1.165) is 31.7 Å². The topological polar surface area (TPSA) is 64.6 Å². The van der Waals surface area contributed by atoms with Crippen LogP contribution in [-0.2, 0) is 0 Å². The Morgan fingerprint density at radius 3 is 2.75 bits per heavy atom. The van der Waals surface area contributed by atoms with Gasteiger partial charge in [-0.2, -0.15) is 0 Å². The fourth-order valence-electron chi connectivity index (χ4n) is 3.29. The zero-order chi connectivity index (χ0) is 16.2. The second kappa shape index (κ2) is 8.90. The van der Waals surface area contributed by atoms with E-state index in [1.807, 2.05) is 12.1 Å². The molecular formula is C17H25Cl2N3O2. The average Bonchev–Trinajstić information content (AvgIpc) is 2.58. The molecule has 2 aliphatic heterocycles. The maximum absolute atomic E-state index is 12.6. The SMILES string of the molecule is Cl.O=C(N[C@@H]1CCNC[C@H]1O)c1cc(N2CCCCC2)ccc1Cl. The normalized spacial score (nSPS) is 24.2. The highest BCUT2D eigenvalue weighted by Gasteiger charge is 2.25. The van der Waals surface area contributed by atoms with Crippen LogP contribution in [0.1, 0.15) is 36.0 Å². The van der Waals surface area contributed by atoms with Crippen LogP contribution in [0.15, 0.2) is 18.2 Å². The number of hydrogen-bond donors (Lipinski definition) is 3. The monoisotopic (exact) mass is 373 g/mol. The zero-order valence-electron chi connectivity index (χ0n) is 13.6. The molecule has 0 saturated carbocycles. The van der Waals surface area contributed by atoms with E-state index in [4.69, 9.17) is 11.6 Å². The maximum atomic E-state index is 12.6. The standard InChI is InChI=1S/C17H24ClN3O2.ClH/c18-14-5-4-12(21-8-2-1-3-9-21)10-13(14)17(23)20-15-6-7-19-11-16(15)22;/h4-5,10,15-16,19,22H,1-3,6-9,11H2,(H,20,23);1H/t15-,16-;/m1./s1. The molecule has 0 radical (unpaired) electrons. The summed E-state index contributed by atoms with van der Waals surface area (Å²) in [5.41, 5.74) is 1.53. The van der Waals surface area contributed by atoms with Crippen molar-refractivity contribution >= 4 is 35.6 Å². The second-order valence-corrected chi connectivity index (χ2v) is 6.76. The van der Waals surface area contributed by atoms with Gasteiger partial charge in [0.2, 0.25) is 0 Å². The predicted octanol–water partition coefficient (Wildman–Crippen LogP) is 2.20. The molecule has 0 aromatic heterocycles. The highest BCUT2D eigenvalue weighted by Crippen LogP contribution is 2.26. The second-order valence-electron chi connectivity index (χ2n) is 6.35. The lowest BCUT2D eigenvalue weighted by molar-refractivity contribution is 0.0765. The Bertz CT molecular complexity index is 565. The quantitative estimate of drug-likeness (QED) is 0.759. The number of nitrogens with zero attached hydrogens (tertiary/aromatic N) is 1. The fourth-order valence-corrected chi connectivity index (χ4v) is 3.50. The number of aliphatic hydroxyl groups excluding tert-OH is 1. The van der Waals surface area contributed by atoms with Crippen molar-refractivity contribution in [1.82, 2.24) is 10.6 Å². The molecule has 5 nitrogen and oxygen atoms in total. The first-order chi connectivity index (χ1) is 11.1. The van der Waals surface area contributed by atoms with E-state index in [1.165, 1.54) is 19.3 Å². The predicted molar refractivity (Wildman–Crippen MR) is 99.5 cm³/mol. The van der Waals surface area contributed by atoms with Gasteiger partial charge in [0, 0.05) is 25.3 Å². The van der Waals surface area contributed by atoms with E-state index in [0.29, 0.717) is 17.1 Å². The van der Waals surface area contributed by atoms with Crippen molar-refractivity contribution in [2.45, 2.75) is 37.8 Å². The number of carbonyl (C=O) groups excluding carboxylic acids is 1. The van der Waals surface area contributed by atoms with E-state index in [-0.39, 0.29) is 24.4 Å². The van der Waals surface area contributed by atoms with Crippen molar-refractivity contribution in [2.24, 2.45) is 0 Å². The molecule has 2 aliphatic rings. The summed E-state index contributed by atoms with van der Waals surface area (Å²) >= 11 is 6.23. The number of piperidine rings is 2. The molecule has 2 fully saturated rings. The number of rotatable bonds is 3. The van der Waals surface area contributed by atoms with Crippen LogP contribution in [-0.4, -0.2) is 49.3 Å². The molecular weight excluding hydrogens is 349 g/mol. The van der Waals surface area contributed by atoms with Crippen LogP contribution in [0.5, 0.6) is 0 Å². The summed E-state index contributed by atoms with van der Waals surface area (Å²) in [5.74, 6) is -0.209. The first kappa shape index (κ1) is 19.3. The molecule has 0 spiro atoms. The molecule has 2 heterocycles. The first-order valence-electron chi connectivity index (χ1n) is 8.39. The van der Waals surface area contributed by atoms with Crippen molar-refractivity contribution in [3.8, 4) is 0 Å². The number of hydrogen-bond acceptors (Lipinski definition) is 4. The number of benzene rings is 1. The summed E-state index contributed by atoms with van der Waals surface area (Å²) in [6.07, 6.45) is 3.80. The third-order valence-electron chi connectivity index (χ3n) is 4.68. The Labute approximate surface area is 154 Å². The molecule has 0 bridgehead atoms. The van der Waals surface area contributed by atoms with Gasteiger partial charge < -0.3 is 20.6 Å². The molecule has 1 aromatic rings. The Morgan fingerprint density at radius 1 is 1.29 bits per heavy atom. The smallest absolute Gasteiger partial charge is 0.253 e. The van der Waals surface area contributed by atoms with Crippen molar-refractivity contribution in [3.05, 3.63) is 28.8 Å². The van der Waals surface area contributed by atoms with Gasteiger partial charge in [0.15, 0.2) is 0 Å². The maximum Gasteiger partial charge on any atom is 0.253 e. The molecule has 3 N–H and O–H groups in total. The van der Waals surface area contributed by atoms with Gasteiger partial charge in [-0.1, -0.05) is 11.6 Å². The van der Waals surface area contributed by atoms with Gasteiger partial charge in [0.25, 0.3) is 5.91 Å².